The summed E-state index contributed by atoms with van der Waals surface area (Å²) in [5.41, 5.74) is -0.862. The molecule has 0 saturated carbocycles. The van der Waals surface area contributed by atoms with Gasteiger partial charge >= 0.3 is 12.1 Å². The lowest BCUT2D eigenvalue weighted by Gasteiger charge is -2.28. The quantitative estimate of drug-likeness (QED) is 0.448. The van der Waals surface area contributed by atoms with Gasteiger partial charge in [0.05, 0.1) is 22.6 Å². The van der Waals surface area contributed by atoms with Crippen LogP contribution in [0.25, 0.3) is 0 Å². The molecule has 14 heteroatoms. The number of para-hydroxylation sites is 1. The molecular weight excluding hydrogens is 517 g/mol. The maximum atomic E-state index is 13.3. The number of carbonyl (C=O) groups excluding carboxylic acids is 1. The lowest BCUT2D eigenvalue weighted by Crippen LogP contribution is -2.49. The van der Waals surface area contributed by atoms with Crippen LogP contribution in [0.15, 0.2) is 36.4 Å². The molecule has 1 heterocycles. The van der Waals surface area contributed by atoms with Crippen molar-refractivity contribution in [3.63, 3.8) is 0 Å². The van der Waals surface area contributed by atoms with E-state index >= 15 is 0 Å². The zero-order valence-electron chi connectivity index (χ0n) is 18.1. The number of carboxylic acids is 1. The van der Waals surface area contributed by atoms with Crippen LogP contribution in [-0.4, -0.2) is 44.5 Å². The van der Waals surface area contributed by atoms with Crippen molar-refractivity contribution < 1.29 is 45.8 Å². The fourth-order valence-electron chi connectivity index (χ4n) is 3.33. The summed E-state index contributed by atoms with van der Waals surface area (Å²) in [4.78, 5) is 24.1. The minimum atomic E-state index is -4.76. The van der Waals surface area contributed by atoms with E-state index < -0.39 is 52.4 Å². The molecule has 190 valence electrons. The van der Waals surface area contributed by atoms with Gasteiger partial charge in [0.1, 0.15) is 24.2 Å². The molecule has 2 unspecified atom stereocenters. The lowest BCUT2D eigenvalue weighted by atomic mass is 9.95. The van der Waals surface area contributed by atoms with Gasteiger partial charge in [-0.25, -0.2) is 4.72 Å². The van der Waals surface area contributed by atoms with Gasteiger partial charge in [-0.15, -0.1) is 0 Å². The number of rotatable bonds is 9. The van der Waals surface area contributed by atoms with Gasteiger partial charge in [0, 0.05) is 12.1 Å². The standard InChI is InChI=1S/C21H20ClF3N2O7S/c1-2-26-35(31,32)27-15(20(29)30)10-33-17-8-11(21(23,24)25)6-7-13(17)18-9-16(28)12-4-3-5-14(22)19(12)34-18/h3-8,15,18,26-27H,2,9-10H2,1H3,(H,29,30). The van der Waals surface area contributed by atoms with Crippen molar-refractivity contribution in [1.82, 2.24) is 9.44 Å². The summed E-state index contributed by atoms with van der Waals surface area (Å²) in [5, 5.41) is 9.48. The van der Waals surface area contributed by atoms with Crippen molar-refractivity contribution in [3.05, 3.63) is 58.1 Å². The second kappa shape index (κ2) is 10.4. The molecule has 9 nitrogen and oxygen atoms in total. The zero-order valence-corrected chi connectivity index (χ0v) is 19.6. The molecule has 0 aromatic heterocycles. The monoisotopic (exact) mass is 536 g/mol. The Morgan fingerprint density at radius 2 is 2.03 bits per heavy atom. The van der Waals surface area contributed by atoms with E-state index in [0.717, 1.165) is 12.1 Å². The zero-order chi connectivity index (χ0) is 26.0. The molecule has 1 aliphatic rings. The van der Waals surface area contributed by atoms with Crippen LogP contribution < -0.4 is 18.9 Å². The first-order chi connectivity index (χ1) is 16.3. The number of carboxylic acid groups (broad SMARTS) is 1. The second-order valence-electron chi connectivity index (χ2n) is 7.42. The molecule has 2 atom stereocenters. The first-order valence-electron chi connectivity index (χ1n) is 10.1. The fourth-order valence-corrected chi connectivity index (χ4v) is 4.56. The highest BCUT2D eigenvalue weighted by molar-refractivity contribution is 7.87. The number of ether oxygens (including phenoxy) is 2. The molecule has 2 aromatic rings. The summed E-state index contributed by atoms with van der Waals surface area (Å²) in [7, 11) is -4.21. The Labute approximate surface area is 203 Å². The molecule has 0 fully saturated rings. The van der Waals surface area contributed by atoms with Crippen LogP contribution >= 0.6 is 11.6 Å². The molecule has 0 amide bonds. The van der Waals surface area contributed by atoms with Crippen molar-refractivity contribution in [2.24, 2.45) is 0 Å². The fraction of sp³-hybridized carbons (Fsp3) is 0.333. The van der Waals surface area contributed by atoms with E-state index in [1.165, 1.54) is 19.1 Å². The Balaban J connectivity index is 1.95. The third kappa shape index (κ3) is 6.42. The molecule has 0 bridgehead atoms. The predicted octanol–water partition coefficient (Wildman–Crippen LogP) is 3.34. The minimum Gasteiger partial charge on any atom is -0.491 e. The average molecular weight is 537 g/mol. The normalized spacial score (nSPS) is 16.8. The molecule has 3 N–H and O–H groups in total. The Kier molecular flexibility index (Phi) is 7.94. The molecule has 1 aliphatic heterocycles. The number of halogens is 4. The first kappa shape index (κ1) is 26.7. The highest BCUT2D eigenvalue weighted by atomic mass is 35.5. The maximum absolute atomic E-state index is 13.3. The molecule has 0 radical (unpaired) electrons. The summed E-state index contributed by atoms with van der Waals surface area (Å²) in [6.45, 7) is 0.583. The smallest absolute Gasteiger partial charge is 0.416 e. The highest BCUT2D eigenvalue weighted by Gasteiger charge is 2.35. The number of benzene rings is 2. The molecule has 35 heavy (non-hydrogen) atoms. The van der Waals surface area contributed by atoms with Gasteiger partial charge in [-0.2, -0.15) is 26.3 Å². The van der Waals surface area contributed by atoms with Crippen molar-refractivity contribution in [3.8, 4) is 11.5 Å². The molecule has 0 saturated heterocycles. The second-order valence-corrected chi connectivity index (χ2v) is 9.36. The van der Waals surface area contributed by atoms with Crippen LogP contribution in [0, 0.1) is 0 Å². The van der Waals surface area contributed by atoms with Crippen molar-refractivity contribution in [2.75, 3.05) is 13.2 Å². The van der Waals surface area contributed by atoms with Gasteiger partial charge in [-0.3, -0.25) is 9.59 Å². The Morgan fingerprint density at radius 3 is 2.66 bits per heavy atom. The third-order valence-corrected chi connectivity index (χ3v) is 6.48. The number of ketones is 1. The number of nitrogens with one attached hydrogen (secondary N) is 2. The molecule has 0 spiro atoms. The van der Waals surface area contributed by atoms with Gasteiger partial charge in [-0.05, 0) is 24.3 Å². The van der Waals surface area contributed by atoms with Gasteiger partial charge in [0.2, 0.25) is 0 Å². The van der Waals surface area contributed by atoms with Gasteiger partial charge < -0.3 is 14.6 Å². The predicted molar refractivity (Wildman–Crippen MR) is 118 cm³/mol. The molecule has 3 rings (SSSR count). The van der Waals surface area contributed by atoms with Crippen LogP contribution in [0.3, 0.4) is 0 Å². The van der Waals surface area contributed by atoms with Crippen LogP contribution in [-0.2, 0) is 21.2 Å². The average Bonchev–Trinajstić information content (AvgIpc) is 2.76. The lowest BCUT2D eigenvalue weighted by molar-refractivity contribution is -0.140. The number of Topliss-reactive ketones (excluding diaryl/α,β-unsaturated/α-hetero) is 1. The SMILES string of the molecule is CCNS(=O)(=O)NC(COc1cc(C(F)(F)F)ccc1C1CC(=O)c2cccc(Cl)c2O1)C(=O)O. The Hall–Kier alpha value is -2.87. The highest BCUT2D eigenvalue weighted by Crippen LogP contribution is 2.43. The third-order valence-electron chi connectivity index (χ3n) is 4.92. The Morgan fingerprint density at radius 1 is 1.31 bits per heavy atom. The maximum Gasteiger partial charge on any atom is 0.416 e. The van der Waals surface area contributed by atoms with E-state index in [-0.39, 0.29) is 40.6 Å². The van der Waals surface area contributed by atoms with E-state index in [1.807, 2.05) is 9.44 Å². The summed E-state index contributed by atoms with van der Waals surface area (Å²) < 4.78 is 78.8. The van der Waals surface area contributed by atoms with E-state index in [9.17, 15) is 36.3 Å². The Bertz CT molecular complexity index is 1240. The van der Waals surface area contributed by atoms with Crippen molar-refractivity contribution >= 4 is 33.6 Å². The van der Waals surface area contributed by atoms with E-state index in [1.54, 1.807) is 6.07 Å². The van der Waals surface area contributed by atoms with Crippen LogP contribution in [0.5, 0.6) is 11.5 Å². The van der Waals surface area contributed by atoms with Gasteiger partial charge in [0.25, 0.3) is 10.2 Å². The summed E-state index contributed by atoms with van der Waals surface area (Å²) in [6, 6.07) is 5.15. The van der Waals surface area contributed by atoms with Gasteiger partial charge in [0.15, 0.2) is 11.8 Å². The topological polar surface area (TPSA) is 131 Å². The van der Waals surface area contributed by atoms with Crippen LogP contribution in [0.4, 0.5) is 13.2 Å². The minimum absolute atomic E-state index is 0.0237. The number of hydrogen-bond donors (Lipinski definition) is 3. The van der Waals surface area contributed by atoms with E-state index in [2.05, 4.69) is 0 Å². The van der Waals surface area contributed by atoms with Crippen LogP contribution in [0.2, 0.25) is 5.02 Å². The van der Waals surface area contributed by atoms with Crippen molar-refractivity contribution in [1.29, 1.82) is 0 Å². The van der Waals surface area contributed by atoms with Gasteiger partial charge in [-0.1, -0.05) is 30.7 Å². The largest absolute Gasteiger partial charge is 0.491 e. The first-order valence-corrected chi connectivity index (χ1v) is 12.0. The summed E-state index contributed by atoms with van der Waals surface area (Å²) >= 11 is 6.12. The number of carbonyl (C=O) groups is 2. The number of alkyl halides is 3. The van der Waals surface area contributed by atoms with Crippen LogP contribution in [0.1, 0.15) is 40.9 Å². The number of aliphatic carboxylic acids is 1. The molecular formula is C21H20ClF3N2O7S. The summed E-state index contributed by atoms with van der Waals surface area (Å²) in [6.07, 6.45) is -6.09. The molecule has 2 aromatic carbocycles. The number of fused-ring (bicyclic) bond motifs is 1. The number of hydrogen-bond acceptors (Lipinski definition) is 6. The van der Waals surface area contributed by atoms with E-state index in [0.29, 0.717) is 6.07 Å². The summed E-state index contributed by atoms with van der Waals surface area (Å²) in [5.74, 6) is -2.36. The van der Waals surface area contributed by atoms with Crippen molar-refractivity contribution in [2.45, 2.75) is 31.7 Å². The molecule has 0 aliphatic carbocycles. The van der Waals surface area contributed by atoms with E-state index in [4.69, 9.17) is 21.1 Å².